The maximum Gasteiger partial charge on any atom is 0.269 e. The fourth-order valence-corrected chi connectivity index (χ4v) is 3.19. The van der Waals surface area contributed by atoms with Gasteiger partial charge in [0.25, 0.3) is 5.91 Å². The first-order chi connectivity index (χ1) is 13.7. The third-order valence-electron chi connectivity index (χ3n) is 4.96. The lowest BCUT2D eigenvalue weighted by Crippen LogP contribution is -2.28. The predicted molar refractivity (Wildman–Crippen MR) is 113 cm³/mol. The summed E-state index contributed by atoms with van der Waals surface area (Å²) in [5, 5.41) is 14.3. The first-order valence-electron chi connectivity index (χ1n) is 9.74. The number of aromatic amines is 1. The Balaban J connectivity index is 1.52. The number of H-pyrrole nitrogens is 1. The molecule has 1 amide bonds. The zero-order valence-corrected chi connectivity index (χ0v) is 18.0. The van der Waals surface area contributed by atoms with Gasteiger partial charge in [-0.15, -0.1) is 0 Å². The van der Waals surface area contributed by atoms with Crippen LogP contribution in [-0.4, -0.2) is 39.0 Å². The molecule has 0 aliphatic heterocycles. The normalized spacial score (nSPS) is 11.5. The molecule has 7 heteroatoms. The lowest BCUT2D eigenvalue weighted by atomic mass is 9.87. The molecule has 0 atom stereocenters. The number of nitrogens with zero attached hydrogens (tertiary/aromatic N) is 3. The molecule has 2 heterocycles. The molecule has 7 nitrogen and oxygen atoms in total. The van der Waals surface area contributed by atoms with Gasteiger partial charge in [0, 0.05) is 18.3 Å². The van der Waals surface area contributed by atoms with Crippen molar-refractivity contribution in [2.45, 2.75) is 40.0 Å². The van der Waals surface area contributed by atoms with Gasteiger partial charge in [0.15, 0.2) is 0 Å². The molecule has 0 fully saturated rings. The van der Waals surface area contributed by atoms with E-state index < -0.39 is 0 Å². The van der Waals surface area contributed by atoms with E-state index in [1.165, 1.54) is 5.56 Å². The van der Waals surface area contributed by atoms with Crippen LogP contribution in [0.1, 0.15) is 48.2 Å². The van der Waals surface area contributed by atoms with E-state index in [0.717, 1.165) is 22.7 Å². The average Bonchev–Trinajstić information content (AvgIpc) is 3.23. The summed E-state index contributed by atoms with van der Waals surface area (Å²) >= 11 is 0. The molecule has 0 radical (unpaired) electrons. The number of ether oxygens (including phenoxy) is 1. The Hall–Kier alpha value is -3.09. The minimum Gasteiger partial charge on any atom is -0.492 e. The monoisotopic (exact) mass is 395 g/mol. The minimum absolute atomic E-state index is 0.113. The van der Waals surface area contributed by atoms with Crippen LogP contribution in [0.15, 0.2) is 30.3 Å². The molecular formula is C22H29N5O2. The first-order valence-corrected chi connectivity index (χ1v) is 9.74. The van der Waals surface area contributed by atoms with Crippen molar-refractivity contribution < 1.29 is 9.53 Å². The smallest absolute Gasteiger partial charge is 0.269 e. The van der Waals surface area contributed by atoms with E-state index in [1.54, 1.807) is 6.07 Å². The first kappa shape index (κ1) is 20.6. The van der Waals surface area contributed by atoms with E-state index in [1.807, 2.05) is 37.7 Å². The van der Waals surface area contributed by atoms with Gasteiger partial charge in [-0.25, -0.2) is 0 Å². The number of carbonyl (C=O) groups excluding carboxylic acids is 1. The Kier molecular flexibility index (Phi) is 5.77. The van der Waals surface area contributed by atoms with E-state index in [4.69, 9.17) is 4.74 Å². The highest BCUT2D eigenvalue weighted by molar-refractivity contribution is 5.93. The van der Waals surface area contributed by atoms with Gasteiger partial charge in [0.2, 0.25) is 0 Å². The molecule has 1 aromatic carbocycles. The topological polar surface area (TPSA) is 84.8 Å². The molecule has 0 saturated carbocycles. The van der Waals surface area contributed by atoms with Gasteiger partial charge in [-0.2, -0.15) is 10.2 Å². The fourth-order valence-electron chi connectivity index (χ4n) is 3.19. The maximum absolute atomic E-state index is 12.4. The number of nitrogens with one attached hydrogen (secondary N) is 2. The van der Waals surface area contributed by atoms with Gasteiger partial charge >= 0.3 is 0 Å². The van der Waals surface area contributed by atoms with Crippen LogP contribution in [0.2, 0.25) is 0 Å². The summed E-state index contributed by atoms with van der Waals surface area (Å²) < 4.78 is 7.53. The SMILES string of the molecule is Cc1nn(C)c(C)c1-c1cc(C(=O)NCCOc2ccc(C(C)(C)C)cc2)[nH]n1. The van der Waals surface area contributed by atoms with Crippen LogP contribution in [0, 0.1) is 13.8 Å². The van der Waals surface area contributed by atoms with Crippen LogP contribution < -0.4 is 10.1 Å². The van der Waals surface area contributed by atoms with Crippen LogP contribution in [0.3, 0.4) is 0 Å². The fraction of sp³-hybridized carbons (Fsp3) is 0.409. The van der Waals surface area contributed by atoms with Crippen LogP contribution in [0.4, 0.5) is 0 Å². The number of hydrogen-bond acceptors (Lipinski definition) is 4. The van der Waals surface area contributed by atoms with Crippen molar-refractivity contribution in [2.75, 3.05) is 13.2 Å². The van der Waals surface area contributed by atoms with Crippen LogP contribution in [-0.2, 0) is 12.5 Å². The van der Waals surface area contributed by atoms with Crippen molar-refractivity contribution in [2.24, 2.45) is 7.05 Å². The van der Waals surface area contributed by atoms with Gasteiger partial charge in [0.05, 0.1) is 17.9 Å². The van der Waals surface area contributed by atoms with E-state index in [9.17, 15) is 4.79 Å². The number of carbonyl (C=O) groups is 1. The zero-order chi connectivity index (χ0) is 21.2. The summed E-state index contributed by atoms with van der Waals surface area (Å²) in [4.78, 5) is 12.4. The van der Waals surface area contributed by atoms with Crippen LogP contribution in [0.5, 0.6) is 5.75 Å². The number of hydrogen-bond donors (Lipinski definition) is 2. The van der Waals surface area contributed by atoms with Crippen molar-refractivity contribution in [1.82, 2.24) is 25.3 Å². The van der Waals surface area contributed by atoms with Crippen molar-refractivity contribution in [3.8, 4) is 17.0 Å². The summed E-state index contributed by atoms with van der Waals surface area (Å²) in [7, 11) is 1.89. The summed E-state index contributed by atoms with van der Waals surface area (Å²) in [6, 6.07) is 9.81. The summed E-state index contributed by atoms with van der Waals surface area (Å²) in [6.45, 7) is 11.2. The van der Waals surface area contributed by atoms with E-state index in [2.05, 4.69) is 53.5 Å². The molecular weight excluding hydrogens is 366 g/mol. The number of rotatable bonds is 6. The summed E-state index contributed by atoms with van der Waals surface area (Å²) in [5.41, 5.74) is 5.34. The second-order valence-electron chi connectivity index (χ2n) is 8.22. The van der Waals surface area contributed by atoms with E-state index in [0.29, 0.717) is 24.5 Å². The number of amides is 1. The number of benzene rings is 1. The Labute approximate surface area is 171 Å². The molecule has 0 bridgehead atoms. The van der Waals surface area contributed by atoms with Crippen molar-refractivity contribution in [1.29, 1.82) is 0 Å². The molecule has 2 N–H and O–H groups in total. The molecule has 3 rings (SSSR count). The zero-order valence-electron chi connectivity index (χ0n) is 18.0. The molecule has 154 valence electrons. The average molecular weight is 396 g/mol. The third-order valence-corrected chi connectivity index (χ3v) is 4.96. The quantitative estimate of drug-likeness (QED) is 0.625. The van der Waals surface area contributed by atoms with Crippen molar-refractivity contribution >= 4 is 5.91 Å². The van der Waals surface area contributed by atoms with E-state index in [-0.39, 0.29) is 11.3 Å². The third kappa shape index (κ3) is 4.67. The van der Waals surface area contributed by atoms with Gasteiger partial charge < -0.3 is 10.1 Å². The molecule has 0 unspecified atom stereocenters. The van der Waals surface area contributed by atoms with Crippen LogP contribution in [0.25, 0.3) is 11.3 Å². The molecule has 0 aliphatic carbocycles. The number of aromatic nitrogens is 4. The Bertz CT molecular complexity index is 993. The van der Waals surface area contributed by atoms with E-state index >= 15 is 0 Å². The predicted octanol–water partition coefficient (Wildman–Crippen LogP) is 3.53. The van der Waals surface area contributed by atoms with Gasteiger partial charge in [-0.05, 0) is 43.0 Å². The largest absolute Gasteiger partial charge is 0.492 e. The summed E-state index contributed by atoms with van der Waals surface area (Å²) in [6.07, 6.45) is 0. The Morgan fingerprint density at radius 2 is 1.90 bits per heavy atom. The lowest BCUT2D eigenvalue weighted by Gasteiger charge is -2.19. The number of aryl methyl sites for hydroxylation is 2. The van der Waals surface area contributed by atoms with Crippen molar-refractivity contribution in [3.63, 3.8) is 0 Å². The Morgan fingerprint density at radius 1 is 1.21 bits per heavy atom. The van der Waals surface area contributed by atoms with Crippen LogP contribution >= 0.6 is 0 Å². The standard InChI is InChI=1S/C22H29N5O2/c1-14-20(15(2)27(6)26-14)18-13-19(25-24-18)21(28)23-11-12-29-17-9-7-16(8-10-17)22(3,4)5/h7-10,13H,11-12H2,1-6H3,(H,23,28)(H,24,25). The highest BCUT2D eigenvalue weighted by Gasteiger charge is 2.17. The van der Waals surface area contributed by atoms with Gasteiger partial charge in [-0.1, -0.05) is 32.9 Å². The maximum atomic E-state index is 12.4. The molecule has 29 heavy (non-hydrogen) atoms. The summed E-state index contributed by atoms with van der Waals surface area (Å²) in [5.74, 6) is 0.577. The second kappa shape index (κ2) is 8.11. The van der Waals surface area contributed by atoms with Crippen molar-refractivity contribution in [3.05, 3.63) is 53.0 Å². The molecule has 0 spiro atoms. The minimum atomic E-state index is -0.213. The highest BCUT2D eigenvalue weighted by Crippen LogP contribution is 2.25. The molecule has 2 aromatic heterocycles. The lowest BCUT2D eigenvalue weighted by molar-refractivity contribution is 0.0942. The molecule has 3 aromatic rings. The highest BCUT2D eigenvalue weighted by atomic mass is 16.5. The Morgan fingerprint density at radius 3 is 2.48 bits per heavy atom. The van der Waals surface area contributed by atoms with Gasteiger partial charge in [-0.3, -0.25) is 14.6 Å². The molecule has 0 saturated heterocycles. The molecule has 0 aliphatic rings. The second-order valence-corrected chi connectivity index (χ2v) is 8.22. The van der Waals surface area contributed by atoms with Gasteiger partial charge in [0.1, 0.15) is 18.1 Å².